The van der Waals surface area contributed by atoms with Crippen molar-refractivity contribution in [2.75, 3.05) is 31.5 Å². The summed E-state index contributed by atoms with van der Waals surface area (Å²) in [6.45, 7) is 4.57. The van der Waals surface area contributed by atoms with E-state index < -0.39 is 12.5 Å². The SMILES string of the molecule is Cc1cc2n(n1)[C@@H](C(F)F)C[C@@H]([C@@H]1CCCN(C(=O)CCCN3CCCC3=O)C1)N2. The van der Waals surface area contributed by atoms with Gasteiger partial charge in [-0.25, -0.2) is 13.5 Å². The Morgan fingerprint density at radius 2 is 2.17 bits per heavy atom. The molecule has 30 heavy (non-hydrogen) atoms. The number of fused-ring (bicyclic) bond motifs is 1. The second-order valence-electron chi connectivity index (χ2n) is 8.83. The molecule has 2 fully saturated rings. The van der Waals surface area contributed by atoms with E-state index in [2.05, 4.69) is 10.4 Å². The average Bonchev–Trinajstić information content (AvgIpc) is 3.31. The molecule has 1 N–H and O–H groups in total. The molecule has 0 aromatic carbocycles. The van der Waals surface area contributed by atoms with Gasteiger partial charge in [-0.15, -0.1) is 0 Å². The van der Waals surface area contributed by atoms with E-state index in [-0.39, 0.29) is 23.8 Å². The van der Waals surface area contributed by atoms with Crippen LogP contribution in [0.5, 0.6) is 0 Å². The first-order valence-corrected chi connectivity index (χ1v) is 11.1. The molecule has 0 aliphatic carbocycles. The van der Waals surface area contributed by atoms with E-state index in [1.807, 2.05) is 15.9 Å². The summed E-state index contributed by atoms with van der Waals surface area (Å²) < 4.78 is 28.8. The molecule has 2 amide bonds. The van der Waals surface area contributed by atoms with Crippen LogP contribution in [0, 0.1) is 12.8 Å². The summed E-state index contributed by atoms with van der Waals surface area (Å²) in [6, 6.07) is 0.793. The molecule has 3 aliphatic rings. The maximum absolute atomic E-state index is 13.7. The van der Waals surface area contributed by atoms with Crippen molar-refractivity contribution in [1.29, 1.82) is 0 Å². The number of carbonyl (C=O) groups excluding carboxylic acids is 2. The average molecular weight is 424 g/mol. The largest absolute Gasteiger partial charge is 0.367 e. The van der Waals surface area contributed by atoms with Crippen LogP contribution >= 0.6 is 0 Å². The number of alkyl halides is 2. The molecule has 0 spiro atoms. The first-order valence-electron chi connectivity index (χ1n) is 11.1. The predicted octanol–water partition coefficient (Wildman–Crippen LogP) is 2.82. The highest BCUT2D eigenvalue weighted by Gasteiger charge is 2.38. The lowest BCUT2D eigenvalue weighted by Crippen LogP contribution is -2.48. The van der Waals surface area contributed by atoms with Crippen LogP contribution < -0.4 is 5.32 Å². The van der Waals surface area contributed by atoms with E-state index in [0.29, 0.717) is 44.6 Å². The highest BCUT2D eigenvalue weighted by atomic mass is 19.3. The van der Waals surface area contributed by atoms with Crippen LogP contribution in [0.4, 0.5) is 14.6 Å². The van der Waals surface area contributed by atoms with Crippen LogP contribution in [-0.4, -0.2) is 70.0 Å². The number of nitrogens with zero attached hydrogens (tertiary/aromatic N) is 4. The highest BCUT2D eigenvalue weighted by molar-refractivity contribution is 5.78. The van der Waals surface area contributed by atoms with E-state index in [1.54, 1.807) is 6.92 Å². The van der Waals surface area contributed by atoms with E-state index in [4.69, 9.17) is 0 Å². The normalized spacial score (nSPS) is 26.8. The van der Waals surface area contributed by atoms with Crippen LogP contribution in [0.25, 0.3) is 0 Å². The number of anilines is 1. The molecular formula is C21H31F2N5O2. The number of rotatable bonds is 6. The number of amides is 2. The topological polar surface area (TPSA) is 70.5 Å². The predicted molar refractivity (Wildman–Crippen MR) is 108 cm³/mol. The zero-order valence-corrected chi connectivity index (χ0v) is 17.5. The van der Waals surface area contributed by atoms with Gasteiger partial charge in [-0.2, -0.15) is 5.10 Å². The van der Waals surface area contributed by atoms with Gasteiger partial charge in [0.1, 0.15) is 11.9 Å². The number of likely N-dealkylation sites (tertiary alicyclic amines) is 2. The minimum absolute atomic E-state index is 0.0922. The van der Waals surface area contributed by atoms with Crippen LogP contribution in [-0.2, 0) is 9.59 Å². The van der Waals surface area contributed by atoms with Gasteiger partial charge in [0.15, 0.2) is 0 Å². The Hall–Kier alpha value is -2.19. The summed E-state index contributed by atoms with van der Waals surface area (Å²) >= 11 is 0. The summed E-state index contributed by atoms with van der Waals surface area (Å²) in [4.78, 5) is 28.1. The van der Waals surface area contributed by atoms with Crippen LogP contribution in [0.15, 0.2) is 6.07 Å². The lowest BCUT2D eigenvalue weighted by atomic mass is 9.86. The van der Waals surface area contributed by atoms with Gasteiger partial charge in [-0.1, -0.05) is 0 Å². The molecule has 0 radical (unpaired) electrons. The first kappa shape index (κ1) is 21.1. The third-order valence-corrected chi connectivity index (χ3v) is 6.66. The Kier molecular flexibility index (Phi) is 6.24. The van der Waals surface area contributed by atoms with Crippen molar-refractivity contribution >= 4 is 17.6 Å². The smallest absolute Gasteiger partial charge is 0.260 e. The fourth-order valence-corrected chi connectivity index (χ4v) is 5.09. The zero-order valence-electron chi connectivity index (χ0n) is 17.5. The van der Waals surface area contributed by atoms with Gasteiger partial charge in [0.2, 0.25) is 11.8 Å². The molecule has 4 heterocycles. The first-order chi connectivity index (χ1) is 14.4. The maximum atomic E-state index is 13.7. The van der Waals surface area contributed by atoms with Crippen molar-refractivity contribution in [3.8, 4) is 0 Å². The second-order valence-corrected chi connectivity index (χ2v) is 8.83. The number of aryl methyl sites for hydroxylation is 1. The highest BCUT2D eigenvalue weighted by Crippen LogP contribution is 2.36. The Morgan fingerprint density at radius 3 is 2.90 bits per heavy atom. The molecule has 3 atom stereocenters. The number of carbonyl (C=O) groups is 2. The monoisotopic (exact) mass is 423 g/mol. The van der Waals surface area contributed by atoms with Gasteiger partial charge >= 0.3 is 0 Å². The maximum Gasteiger partial charge on any atom is 0.260 e. The summed E-state index contributed by atoms with van der Waals surface area (Å²) in [6.07, 6.45) is 2.29. The van der Waals surface area contributed by atoms with E-state index >= 15 is 0 Å². The number of piperidine rings is 1. The molecule has 0 saturated carbocycles. The minimum Gasteiger partial charge on any atom is -0.367 e. The number of hydrogen-bond donors (Lipinski definition) is 1. The van der Waals surface area contributed by atoms with E-state index in [0.717, 1.165) is 38.0 Å². The van der Waals surface area contributed by atoms with Crippen LogP contribution in [0.2, 0.25) is 0 Å². The van der Waals surface area contributed by atoms with Gasteiger partial charge in [0.05, 0.1) is 5.69 Å². The lowest BCUT2D eigenvalue weighted by Gasteiger charge is -2.41. The van der Waals surface area contributed by atoms with Gasteiger partial charge in [0, 0.05) is 51.1 Å². The van der Waals surface area contributed by atoms with Gasteiger partial charge in [0.25, 0.3) is 6.43 Å². The molecule has 2 saturated heterocycles. The molecule has 0 bridgehead atoms. The van der Waals surface area contributed by atoms with Crippen molar-refractivity contribution in [2.24, 2.45) is 5.92 Å². The number of aromatic nitrogens is 2. The van der Waals surface area contributed by atoms with Gasteiger partial charge < -0.3 is 15.1 Å². The molecule has 1 aromatic rings. The lowest BCUT2D eigenvalue weighted by molar-refractivity contribution is -0.134. The zero-order chi connectivity index (χ0) is 21.3. The molecule has 3 aliphatic heterocycles. The van der Waals surface area contributed by atoms with Crippen LogP contribution in [0.3, 0.4) is 0 Å². The number of nitrogens with one attached hydrogen (secondary N) is 1. The Balaban J connectivity index is 1.33. The minimum atomic E-state index is -2.47. The summed E-state index contributed by atoms with van der Waals surface area (Å²) in [5.74, 6) is 1.08. The molecule has 166 valence electrons. The Morgan fingerprint density at radius 1 is 1.33 bits per heavy atom. The Bertz CT molecular complexity index is 783. The molecule has 0 unspecified atom stereocenters. The summed E-state index contributed by atoms with van der Waals surface area (Å²) in [7, 11) is 0. The summed E-state index contributed by atoms with van der Waals surface area (Å²) in [5, 5.41) is 7.63. The standard InChI is InChI=1S/C21H31F2N5O2/c1-14-11-18-24-16(12-17(21(22)23)28(18)25-14)15-5-2-10-27(13-15)20(30)7-4-9-26-8-3-6-19(26)29/h11,15-17,21,24H,2-10,12-13H2,1H3/t15-,16+,17-/m1/s1. The molecule has 4 rings (SSSR count). The fourth-order valence-electron chi connectivity index (χ4n) is 5.09. The number of halogens is 2. The van der Waals surface area contributed by atoms with Crippen molar-refractivity contribution in [1.82, 2.24) is 19.6 Å². The van der Waals surface area contributed by atoms with Crippen molar-refractivity contribution in [3.05, 3.63) is 11.8 Å². The quantitative estimate of drug-likeness (QED) is 0.764. The molecular weight excluding hydrogens is 392 g/mol. The van der Waals surface area contributed by atoms with Crippen molar-refractivity contribution in [2.45, 2.75) is 70.4 Å². The second kappa shape index (κ2) is 8.89. The molecule has 9 heteroatoms. The van der Waals surface area contributed by atoms with Crippen LogP contribution in [0.1, 0.15) is 56.7 Å². The Labute approximate surface area is 175 Å². The molecule has 1 aromatic heterocycles. The molecule has 7 nitrogen and oxygen atoms in total. The fraction of sp³-hybridized carbons (Fsp3) is 0.762. The van der Waals surface area contributed by atoms with Crippen molar-refractivity contribution in [3.63, 3.8) is 0 Å². The third kappa shape index (κ3) is 4.44. The van der Waals surface area contributed by atoms with Gasteiger partial charge in [-0.05, 0) is 44.9 Å². The third-order valence-electron chi connectivity index (χ3n) is 6.66. The van der Waals surface area contributed by atoms with Gasteiger partial charge in [-0.3, -0.25) is 9.59 Å². The van der Waals surface area contributed by atoms with E-state index in [1.165, 1.54) is 4.68 Å². The van der Waals surface area contributed by atoms with Crippen molar-refractivity contribution < 1.29 is 18.4 Å². The number of hydrogen-bond acceptors (Lipinski definition) is 4. The summed E-state index contributed by atoms with van der Waals surface area (Å²) in [5.41, 5.74) is 0.723. The van der Waals surface area contributed by atoms with E-state index in [9.17, 15) is 18.4 Å².